The fourth-order valence-corrected chi connectivity index (χ4v) is 4.33. The zero-order chi connectivity index (χ0) is 21.9. The molecule has 2 aromatic carbocycles. The smallest absolute Gasteiger partial charge is 0.275 e. The number of rotatable bonds is 6. The second-order valence-electron chi connectivity index (χ2n) is 8.00. The molecule has 0 spiro atoms. The second-order valence-corrected chi connectivity index (χ2v) is 8.00. The highest BCUT2D eigenvalue weighted by Crippen LogP contribution is 2.29. The Kier molecular flexibility index (Phi) is 5.38. The highest BCUT2D eigenvalue weighted by Gasteiger charge is 2.24. The van der Waals surface area contributed by atoms with Gasteiger partial charge in [0.1, 0.15) is 0 Å². The predicted octanol–water partition coefficient (Wildman–Crippen LogP) is 5.18. The first-order valence-corrected chi connectivity index (χ1v) is 10.8. The quantitative estimate of drug-likeness (QED) is 0.412. The molecule has 0 aliphatic heterocycles. The van der Waals surface area contributed by atoms with Gasteiger partial charge in [0, 0.05) is 40.6 Å². The maximum absolute atomic E-state index is 13.5. The van der Waals surface area contributed by atoms with E-state index in [1.54, 1.807) is 10.9 Å². The topological polar surface area (TPSA) is 63.6 Å². The minimum atomic E-state index is -0.0781. The summed E-state index contributed by atoms with van der Waals surface area (Å²) in [6, 6.07) is 26.0. The van der Waals surface area contributed by atoms with Gasteiger partial charge in [0.05, 0.1) is 11.2 Å². The summed E-state index contributed by atoms with van der Waals surface area (Å²) in [5, 5.41) is 4.40. The molecule has 1 unspecified atom stereocenters. The summed E-state index contributed by atoms with van der Waals surface area (Å²) < 4.78 is 1.63. The zero-order valence-corrected chi connectivity index (χ0v) is 17.9. The molecule has 5 rings (SSSR count). The number of nitrogens with one attached hydrogen (secondary N) is 1. The molecular weight excluding hydrogens is 396 g/mol. The van der Waals surface area contributed by atoms with Gasteiger partial charge in [-0.2, -0.15) is 0 Å². The fraction of sp³-hybridized carbons (Fsp3) is 0.148. The first-order chi connectivity index (χ1) is 15.7. The second kappa shape index (κ2) is 8.63. The van der Waals surface area contributed by atoms with Crippen molar-refractivity contribution in [3.05, 3.63) is 124 Å². The molecule has 158 valence electrons. The normalized spacial score (nSPS) is 12.2. The molecule has 5 heteroatoms. The molecule has 5 nitrogen and oxygen atoms in total. The van der Waals surface area contributed by atoms with Crippen LogP contribution in [0, 0.1) is 6.92 Å². The molecule has 0 radical (unpaired) electrons. The van der Waals surface area contributed by atoms with Crippen LogP contribution in [0.1, 0.15) is 34.9 Å². The summed E-state index contributed by atoms with van der Waals surface area (Å²) in [5.74, 6) is -0.0781. The molecule has 0 amide bonds. The number of para-hydroxylation sites is 2. The summed E-state index contributed by atoms with van der Waals surface area (Å²) in [5.41, 5.74) is 5.51. The van der Waals surface area contributed by atoms with Gasteiger partial charge in [-0.15, -0.1) is 0 Å². The number of benzene rings is 2. The van der Waals surface area contributed by atoms with E-state index in [1.807, 2.05) is 73.8 Å². The number of fused-ring (bicyclic) bond motifs is 1. The summed E-state index contributed by atoms with van der Waals surface area (Å²) in [6.07, 6.45) is 5.15. The Balaban J connectivity index is 1.52. The lowest BCUT2D eigenvalue weighted by atomic mass is 9.88. The van der Waals surface area contributed by atoms with E-state index in [0.29, 0.717) is 0 Å². The van der Waals surface area contributed by atoms with Crippen LogP contribution in [0.15, 0.2) is 96.1 Å². The Morgan fingerprint density at radius 2 is 1.75 bits per heavy atom. The minimum Gasteiger partial charge on any atom is -0.295 e. The van der Waals surface area contributed by atoms with Gasteiger partial charge in [0.2, 0.25) is 0 Å². The van der Waals surface area contributed by atoms with Crippen LogP contribution in [0.4, 0.5) is 0 Å². The third-order valence-corrected chi connectivity index (χ3v) is 5.91. The van der Waals surface area contributed by atoms with Crippen molar-refractivity contribution in [2.24, 2.45) is 0 Å². The van der Waals surface area contributed by atoms with Crippen molar-refractivity contribution in [3.63, 3.8) is 0 Å². The van der Waals surface area contributed by atoms with Gasteiger partial charge in [-0.25, -0.2) is 4.68 Å². The third-order valence-electron chi connectivity index (χ3n) is 5.91. The lowest BCUT2D eigenvalue weighted by Gasteiger charge is -2.16. The number of hydrogen-bond acceptors (Lipinski definition) is 3. The third kappa shape index (κ3) is 3.85. The molecule has 1 N–H and O–H groups in total. The molecule has 0 saturated carbocycles. The number of nitrogens with zero attached hydrogens (tertiary/aromatic N) is 3. The van der Waals surface area contributed by atoms with Crippen molar-refractivity contribution in [1.82, 2.24) is 19.7 Å². The summed E-state index contributed by atoms with van der Waals surface area (Å²) in [6.45, 7) is 1.97. The first-order valence-electron chi connectivity index (χ1n) is 10.8. The lowest BCUT2D eigenvalue weighted by Crippen LogP contribution is -2.20. The van der Waals surface area contributed by atoms with Crippen molar-refractivity contribution in [1.29, 1.82) is 0 Å². The van der Waals surface area contributed by atoms with Crippen LogP contribution < -0.4 is 5.56 Å². The average Bonchev–Trinajstić information content (AvgIpc) is 3.14. The van der Waals surface area contributed by atoms with Gasteiger partial charge in [0.25, 0.3) is 5.56 Å². The lowest BCUT2D eigenvalue weighted by molar-refractivity contribution is 0.694. The zero-order valence-electron chi connectivity index (χ0n) is 17.9. The van der Waals surface area contributed by atoms with Gasteiger partial charge >= 0.3 is 0 Å². The number of aryl methyl sites for hydroxylation is 2. The first kappa shape index (κ1) is 19.9. The number of aromatic nitrogens is 4. The van der Waals surface area contributed by atoms with Crippen LogP contribution >= 0.6 is 0 Å². The van der Waals surface area contributed by atoms with Crippen LogP contribution in [0.3, 0.4) is 0 Å². The fourth-order valence-electron chi connectivity index (χ4n) is 4.33. The van der Waals surface area contributed by atoms with Gasteiger partial charge in [-0.05, 0) is 55.7 Å². The summed E-state index contributed by atoms with van der Waals surface area (Å²) >= 11 is 0. The maximum Gasteiger partial charge on any atom is 0.275 e. The highest BCUT2D eigenvalue weighted by atomic mass is 16.1. The van der Waals surface area contributed by atoms with E-state index in [-0.39, 0.29) is 11.5 Å². The van der Waals surface area contributed by atoms with E-state index < -0.39 is 0 Å². The van der Waals surface area contributed by atoms with Gasteiger partial charge in [0.15, 0.2) is 0 Å². The molecule has 0 aliphatic rings. The molecule has 0 fully saturated rings. The highest BCUT2D eigenvalue weighted by molar-refractivity contribution is 5.78. The van der Waals surface area contributed by atoms with Crippen LogP contribution in [0.25, 0.3) is 16.6 Å². The van der Waals surface area contributed by atoms with E-state index in [2.05, 4.69) is 28.3 Å². The Bertz CT molecular complexity index is 1400. The predicted molar refractivity (Wildman–Crippen MR) is 127 cm³/mol. The van der Waals surface area contributed by atoms with Gasteiger partial charge in [-0.3, -0.25) is 19.9 Å². The minimum absolute atomic E-state index is 0.0194. The molecule has 1 atom stereocenters. The molecule has 32 heavy (non-hydrogen) atoms. The largest absolute Gasteiger partial charge is 0.295 e. The molecule has 0 aliphatic carbocycles. The molecule has 0 bridgehead atoms. The monoisotopic (exact) mass is 420 g/mol. The SMILES string of the molecule is Cc1[nH]n(-c2ccccc2)c(=O)c1C(CCc1ccc2ccccc2n1)c1cccnc1. The Hall–Kier alpha value is -3.99. The molecular formula is C27H24N4O. The number of hydrogen-bond donors (Lipinski definition) is 1. The van der Waals surface area contributed by atoms with Gasteiger partial charge < -0.3 is 0 Å². The van der Waals surface area contributed by atoms with Crippen LogP contribution in [0.5, 0.6) is 0 Å². The molecule has 0 saturated heterocycles. The Labute approximate surface area is 186 Å². The van der Waals surface area contributed by atoms with E-state index in [9.17, 15) is 4.79 Å². The molecule has 3 aromatic heterocycles. The Morgan fingerprint density at radius 1 is 0.938 bits per heavy atom. The van der Waals surface area contributed by atoms with Crippen LogP contribution in [-0.2, 0) is 6.42 Å². The van der Waals surface area contributed by atoms with Crippen LogP contribution in [-0.4, -0.2) is 19.7 Å². The van der Waals surface area contributed by atoms with E-state index in [0.717, 1.165) is 51.9 Å². The van der Waals surface area contributed by atoms with Gasteiger partial charge in [-0.1, -0.05) is 48.5 Å². The maximum atomic E-state index is 13.5. The molecule has 5 aromatic rings. The standard InChI is InChI=1S/C27H24N4O/c1-19-26(27(32)31(30-19)23-10-3-2-4-11-23)24(21-9-7-17-28-18-21)16-15-22-14-13-20-8-5-6-12-25(20)29-22/h2-14,17-18,24,30H,15-16H2,1H3. The Morgan fingerprint density at radius 3 is 2.56 bits per heavy atom. The molecule has 3 heterocycles. The van der Waals surface area contributed by atoms with Crippen molar-refractivity contribution in [2.75, 3.05) is 0 Å². The van der Waals surface area contributed by atoms with E-state index in [4.69, 9.17) is 4.98 Å². The average molecular weight is 421 g/mol. The van der Waals surface area contributed by atoms with Crippen molar-refractivity contribution in [3.8, 4) is 5.69 Å². The van der Waals surface area contributed by atoms with Crippen LogP contribution in [0.2, 0.25) is 0 Å². The van der Waals surface area contributed by atoms with Crippen molar-refractivity contribution >= 4 is 10.9 Å². The number of pyridine rings is 2. The van der Waals surface area contributed by atoms with E-state index >= 15 is 0 Å². The van der Waals surface area contributed by atoms with Crippen molar-refractivity contribution < 1.29 is 0 Å². The summed E-state index contributed by atoms with van der Waals surface area (Å²) in [4.78, 5) is 22.6. The van der Waals surface area contributed by atoms with E-state index in [1.165, 1.54) is 0 Å². The van der Waals surface area contributed by atoms with Crippen molar-refractivity contribution in [2.45, 2.75) is 25.7 Å². The number of H-pyrrole nitrogens is 1. The summed E-state index contributed by atoms with van der Waals surface area (Å²) in [7, 11) is 0. The number of aromatic amines is 1.